The van der Waals surface area contributed by atoms with Gasteiger partial charge < -0.3 is 15.4 Å². The number of thiocarbonyl (C=S) groups is 1. The minimum absolute atomic E-state index is 0.430. The molecule has 1 aromatic carbocycles. The highest BCUT2D eigenvalue weighted by Gasteiger charge is 2.22. The number of nitrogens with two attached hydrogens (primary N) is 1. The van der Waals surface area contributed by atoms with Crippen molar-refractivity contribution in [1.29, 1.82) is 0 Å². The second-order valence-electron chi connectivity index (χ2n) is 5.86. The Bertz CT molecular complexity index is 506. The van der Waals surface area contributed by atoms with Crippen molar-refractivity contribution >= 4 is 17.2 Å². The second kappa shape index (κ2) is 7.20. The summed E-state index contributed by atoms with van der Waals surface area (Å²) in [6, 6.07) is 6.50. The molecule has 1 atom stereocenters. The van der Waals surface area contributed by atoms with E-state index in [1.165, 1.54) is 19.4 Å². The number of methoxy groups -OCH3 is 1. The van der Waals surface area contributed by atoms with Gasteiger partial charge in [0.25, 0.3) is 0 Å². The van der Waals surface area contributed by atoms with E-state index >= 15 is 0 Å². The highest BCUT2D eigenvalue weighted by atomic mass is 32.1. The molecule has 1 fully saturated rings. The van der Waals surface area contributed by atoms with Crippen molar-refractivity contribution in [3.63, 3.8) is 0 Å². The average molecular weight is 307 g/mol. The van der Waals surface area contributed by atoms with Crippen molar-refractivity contribution < 1.29 is 4.74 Å². The summed E-state index contributed by atoms with van der Waals surface area (Å²) in [5.74, 6) is 0.894. The van der Waals surface area contributed by atoms with Gasteiger partial charge in [0.15, 0.2) is 0 Å². The first kappa shape index (κ1) is 16.2. The Balaban J connectivity index is 2.13. The zero-order valence-corrected chi connectivity index (χ0v) is 13.9. The third kappa shape index (κ3) is 4.15. The molecule has 21 heavy (non-hydrogen) atoms. The summed E-state index contributed by atoms with van der Waals surface area (Å²) in [7, 11) is 6.07. The SMILES string of the molecule is COc1ccc(C(N)=S)cc1CN(C)C1CCCN(C)C1. The molecular formula is C16H25N3OS. The summed E-state index contributed by atoms with van der Waals surface area (Å²) in [5.41, 5.74) is 7.77. The number of hydrogen-bond donors (Lipinski definition) is 1. The Labute approximate surface area is 132 Å². The quantitative estimate of drug-likeness (QED) is 0.841. The standard InChI is InChI=1S/C16H25N3OS/c1-18-8-4-5-14(11-18)19(2)10-13-9-12(16(17)21)6-7-15(13)20-3/h6-7,9,14H,4-5,8,10-11H2,1-3H3,(H2,17,21). The van der Waals surface area contributed by atoms with Crippen LogP contribution in [0.25, 0.3) is 0 Å². The van der Waals surface area contributed by atoms with Crippen LogP contribution in [0.2, 0.25) is 0 Å². The van der Waals surface area contributed by atoms with Crippen molar-refractivity contribution in [1.82, 2.24) is 9.80 Å². The van der Waals surface area contributed by atoms with Gasteiger partial charge in [-0.25, -0.2) is 0 Å². The molecule has 1 heterocycles. The maximum atomic E-state index is 5.74. The van der Waals surface area contributed by atoms with E-state index in [-0.39, 0.29) is 0 Å². The number of rotatable bonds is 5. The Morgan fingerprint density at radius 3 is 2.90 bits per heavy atom. The number of hydrogen-bond acceptors (Lipinski definition) is 4. The van der Waals surface area contributed by atoms with E-state index in [0.29, 0.717) is 11.0 Å². The van der Waals surface area contributed by atoms with Gasteiger partial charge in [-0.15, -0.1) is 0 Å². The van der Waals surface area contributed by atoms with Gasteiger partial charge in [-0.2, -0.15) is 0 Å². The van der Waals surface area contributed by atoms with Crippen LogP contribution >= 0.6 is 12.2 Å². The maximum absolute atomic E-state index is 5.74. The first-order valence-electron chi connectivity index (χ1n) is 7.36. The van der Waals surface area contributed by atoms with E-state index < -0.39 is 0 Å². The normalized spacial score (nSPS) is 19.7. The topological polar surface area (TPSA) is 41.7 Å². The van der Waals surface area contributed by atoms with E-state index in [2.05, 4.69) is 23.9 Å². The fraction of sp³-hybridized carbons (Fsp3) is 0.562. The van der Waals surface area contributed by atoms with Crippen LogP contribution in [0.1, 0.15) is 24.0 Å². The minimum atomic E-state index is 0.430. The predicted octanol–water partition coefficient (Wildman–Crippen LogP) is 1.86. The van der Waals surface area contributed by atoms with E-state index in [1.807, 2.05) is 18.2 Å². The van der Waals surface area contributed by atoms with Crippen LogP contribution in [0.4, 0.5) is 0 Å². The van der Waals surface area contributed by atoms with Crippen molar-refractivity contribution in [3.8, 4) is 5.75 Å². The molecule has 1 aromatic rings. The molecule has 116 valence electrons. The molecule has 0 aliphatic carbocycles. The minimum Gasteiger partial charge on any atom is -0.496 e. The summed E-state index contributed by atoms with van der Waals surface area (Å²) in [5, 5.41) is 0. The number of nitrogens with zero attached hydrogens (tertiary/aromatic N) is 2. The molecular weight excluding hydrogens is 282 g/mol. The highest BCUT2D eigenvalue weighted by Crippen LogP contribution is 2.23. The molecule has 1 aliphatic heterocycles. The summed E-state index contributed by atoms with van der Waals surface area (Å²) in [4.78, 5) is 5.23. The Hall–Kier alpha value is -1.17. The lowest BCUT2D eigenvalue weighted by Gasteiger charge is -2.36. The monoisotopic (exact) mass is 307 g/mol. The Morgan fingerprint density at radius 1 is 1.52 bits per heavy atom. The van der Waals surface area contributed by atoms with Crippen molar-refractivity contribution in [2.45, 2.75) is 25.4 Å². The van der Waals surface area contributed by atoms with Crippen molar-refractivity contribution in [2.75, 3.05) is 34.3 Å². The molecule has 0 aromatic heterocycles. The average Bonchev–Trinajstić information content (AvgIpc) is 2.47. The number of likely N-dealkylation sites (N-methyl/N-ethyl adjacent to an activating group) is 2. The van der Waals surface area contributed by atoms with Crippen molar-refractivity contribution in [3.05, 3.63) is 29.3 Å². The molecule has 4 nitrogen and oxygen atoms in total. The first-order valence-corrected chi connectivity index (χ1v) is 7.77. The smallest absolute Gasteiger partial charge is 0.123 e. The lowest BCUT2D eigenvalue weighted by atomic mass is 10.0. The third-order valence-electron chi connectivity index (χ3n) is 4.21. The molecule has 1 aliphatic rings. The number of ether oxygens (including phenoxy) is 1. The first-order chi connectivity index (χ1) is 10.0. The summed E-state index contributed by atoms with van der Waals surface area (Å²) < 4.78 is 5.47. The highest BCUT2D eigenvalue weighted by molar-refractivity contribution is 7.80. The Kier molecular flexibility index (Phi) is 5.56. The van der Waals surface area contributed by atoms with E-state index in [9.17, 15) is 0 Å². The molecule has 1 unspecified atom stereocenters. The van der Waals surface area contributed by atoms with E-state index in [4.69, 9.17) is 22.7 Å². The lowest BCUT2D eigenvalue weighted by molar-refractivity contribution is 0.128. The molecule has 0 spiro atoms. The van der Waals surface area contributed by atoms with Gasteiger partial charge in [-0.05, 0) is 51.7 Å². The molecule has 0 bridgehead atoms. The van der Waals surface area contributed by atoms with Gasteiger partial charge in [0.1, 0.15) is 10.7 Å². The fourth-order valence-corrected chi connectivity index (χ4v) is 3.08. The Morgan fingerprint density at radius 2 is 2.29 bits per heavy atom. The van der Waals surface area contributed by atoms with Crippen LogP contribution in [0.5, 0.6) is 5.75 Å². The maximum Gasteiger partial charge on any atom is 0.123 e. The number of likely N-dealkylation sites (tertiary alicyclic amines) is 1. The zero-order valence-electron chi connectivity index (χ0n) is 13.1. The largest absolute Gasteiger partial charge is 0.496 e. The fourth-order valence-electron chi connectivity index (χ4n) is 2.95. The summed E-state index contributed by atoms with van der Waals surface area (Å²) >= 11 is 5.07. The predicted molar refractivity (Wildman–Crippen MR) is 90.9 cm³/mol. The molecule has 1 saturated heterocycles. The molecule has 0 amide bonds. The van der Waals surface area contributed by atoms with Gasteiger partial charge in [0, 0.05) is 30.3 Å². The molecule has 0 radical (unpaired) electrons. The van der Waals surface area contributed by atoms with Gasteiger partial charge in [0.05, 0.1) is 7.11 Å². The van der Waals surface area contributed by atoms with E-state index in [0.717, 1.165) is 30.0 Å². The number of benzene rings is 1. The zero-order chi connectivity index (χ0) is 15.4. The van der Waals surface area contributed by atoms with Gasteiger partial charge in [-0.1, -0.05) is 12.2 Å². The van der Waals surface area contributed by atoms with Crippen LogP contribution in [-0.2, 0) is 6.54 Å². The van der Waals surface area contributed by atoms with Crippen LogP contribution in [0, 0.1) is 0 Å². The van der Waals surface area contributed by atoms with Gasteiger partial charge in [0.2, 0.25) is 0 Å². The van der Waals surface area contributed by atoms with Crippen LogP contribution in [-0.4, -0.2) is 55.1 Å². The summed E-state index contributed by atoms with van der Waals surface area (Å²) in [6.45, 7) is 3.16. The molecule has 5 heteroatoms. The van der Waals surface area contributed by atoms with Crippen molar-refractivity contribution in [2.24, 2.45) is 5.73 Å². The third-order valence-corrected chi connectivity index (χ3v) is 4.44. The van der Waals surface area contributed by atoms with Crippen LogP contribution in [0.15, 0.2) is 18.2 Å². The van der Waals surface area contributed by atoms with E-state index in [1.54, 1.807) is 7.11 Å². The molecule has 0 saturated carbocycles. The molecule has 2 N–H and O–H groups in total. The van der Waals surface area contributed by atoms with Gasteiger partial charge in [-0.3, -0.25) is 4.90 Å². The van der Waals surface area contributed by atoms with Crippen LogP contribution < -0.4 is 10.5 Å². The summed E-state index contributed by atoms with van der Waals surface area (Å²) in [6.07, 6.45) is 2.51. The lowest BCUT2D eigenvalue weighted by Crippen LogP contribution is -2.44. The molecule has 2 rings (SSSR count). The van der Waals surface area contributed by atoms with Crippen LogP contribution in [0.3, 0.4) is 0 Å². The second-order valence-corrected chi connectivity index (χ2v) is 6.30. The number of piperidine rings is 1. The van der Waals surface area contributed by atoms with Gasteiger partial charge >= 0.3 is 0 Å².